The van der Waals surface area contributed by atoms with Gasteiger partial charge in [-0.1, -0.05) is 42.3 Å². The highest BCUT2D eigenvalue weighted by molar-refractivity contribution is 6.31. The highest BCUT2D eigenvalue weighted by Gasteiger charge is 2.44. The zero-order valence-corrected chi connectivity index (χ0v) is 19.0. The standard InChI is InChI=1S/C25H31ClO7/c26-18-10-7-15(25-24(31)23(30)22(29)21(13-27)33-25)12-16(18)11-14-5-8-17(9-6-14)32-20-4-2-1-3-19(20)28/h5-10,12,19-25,27-31H,1-4,11,13H2/t19?,20-,21-,22-,23+,24-,25+/m1/s1. The zero-order valence-electron chi connectivity index (χ0n) is 18.3. The van der Waals surface area contributed by atoms with Crippen LogP contribution in [0.3, 0.4) is 0 Å². The van der Waals surface area contributed by atoms with E-state index in [2.05, 4.69) is 0 Å². The van der Waals surface area contributed by atoms with Crippen LogP contribution >= 0.6 is 11.6 Å². The van der Waals surface area contributed by atoms with Gasteiger partial charge in [0.2, 0.25) is 0 Å². The summed E-state index contributed by atoms with van der Waals surface area (Å²) >= 11 is 6.42. The topological polar surface area (TPSA) is 120 Å². The molecule has 1 unspecified atom stereocenters. The van der Waals surface area contributed by atoms with Crippen LogP contribution in [-0.4, -0.2) is 68.8 Å². The van der Waals surface area contributed by atoms with Crippen LogP contribution in [0.1, 0.15) is 48.5 Å². The fraction of sp³-hybridized carbons (Fsp3) is 0.520. The molecular weight excluding hydrogens is 448 g/mol. The van der Waals surface area contributed by atoms with Crippen molar-refractivity contribution in [2.24, 2.45) is 0 Å². The van der Waals surface area contributed by atoms with E-state index in [4.69, 9.17) is 21.1 Å². The van der Waals surface area contributed by atoms with Gasteiger partial charge in [-0.15, -0.1) is 0 Å². The maximum atomic E-state index is 10.4. The van der Waals surface area contributed by atoms with Crippen LogP contribution in [0.25, 0.3) is 0 Å². The quantitative estimate of drug-likeness (QED) is 0.431. The van der Waals surface area contributed by atoms with Crippen LogP contribution in [0.5, 0.6) is 5.75 Å². The molecule has 4 rings (SSSR count). The molecule has 1 aliphatic carbocycles. The second kappa shape index (κ2) is 10.7. The molecule has 0 bridgehead atoms. The van der Waals surface area contributed by atoms with E-state index in [0.29, 0.717) is 22.8 Å². The van der Waals surface area contributed by atoms with Gasteiger partial charge in [-0.2, -0.15) is 0 Å². The Labute approximate surface area is 198 Å². The third kappa shape index (κ3) is 5.52. The highest BCUT2D eigenvalue weighted by atomic mass is 35.5. The van der Waals surface area contributed by atoms with E-state index in [-0.39, 0.29) is 6.10 Å². The van der Waals surface area contributed by atoms with E-state index in [9.17, 15) is 25.5 Å². The van der Waals surface area contributed by atoms with Crippen molar-refractivity contribution in [3.8, 4) is 5.75 Å². The molecule has 2 aromatic rings. The fourth-order valence-corrected chi connectivity index (χ4v) is 4.76. The Kier molecular flexibility index (Phi) is 7.91. The first-order valence-electron chi connectivity index (χ1n) is 11.4. The van der Waals surface area contributed by atoms with Crippen molar-refractivity contribution in [1.29, 1.82) is 0 Å². The van der Waals surface area contributed by atoms with Crippen molar-refractivity contribution in [3.63, 3.8) is 0 Å². The minimum Gasteiger partial charge on any atom is -0.488 e. The van der Waals surface area contributed by atoms with Crippen LogP contribution in [0, 0.1) is 0 Å². The summed E-state index contributed by atoms with van der Waals surface area (Å²) in [6.45, 7) is -0.478. The summed E-state index contributed by atoms with van der Waals surface area (Å²) in [5.74, 6) is 0.714. The molecule has 0 spiro atoms. The molecule has 7 atom stereocenters. The fourth-order valence-electron chi connectivity index (χ4n) is 4.58. The van der Waals surface area contributed by atoms with Gasteiger partial charge in [-0.3, -0.25) is 0 Å². The normalized spacial score (nSPS) is 32.5. The third-order valence-corrected chi connectivity index (χ3v) is 6.93. The van der Waals surface area contributed by atoms with Crippen molar-refractivity contribution in [1.82, 2.24) is 0 Å². The predicted molar refractivity (Wildman–Crippen MR) is 122 cm³/mol. The minimum atomic E-state index is -1.43. The molecule has 5 N–H and O–H groups in total. The Morgan fingerprint density at radius 1 is 0.909 bits per heavy atom. The molecule has 1 saturated carbocycles. The Balaban J connectivity index is 1.47. The maximum Gasteiger partial charge on any atom is 0.124 e. The Morgan fingerprint density at radius 3 is 2.33 bits per heavy atom. The first-order chi connectivity index (χ1) is 15.9. The molecule has 8 heteroatoms. The first-order valence-corrected chi connectivity index (χ1v) is 11.8. The van der Waals surface area contributed by atoms with Gasteiger partial charge in [-0.05, 0) is 60.6 Å². The van der Waals surface area contributed by atoms with Crippen LogP contribution in [0.4, 0.5) is 0 Å². The minimum absolute atomic E-state index is 0.172. The van der Waals surface area contributed by atoms with E-state index >= 15 is 0 Å². The number of halogens is 1. The lowest BCUT2D eigenvalue weighted by molar-refractivity contribution is -0.231. The van der Waals surface area contributed by atoms with Gasteiger partial charge in [0.15, 0.2) is 0 Å². The van der Waals surface area contributed by atoms with Crippen LogP contribution in [0.2, 0.25) is 5.02 Å². The van der Waals surface area contributed by atoms with Gasteiger partial charge in [-0.25, -0.2) is 0 Å². The number of hydrogen-bond donors (Lipinski definition) is 5. The van der Waals surface area contributed by atoms with Gasteiger partial charge < -0.3 is 35.0 Å². The molecule has 7 nitrogen and oxygen atoms in total. The average Bonchev–Trinajstić information content (AvgIpc) is 2.82. The number of ether oxygens (including phenoxy) is 2. The van der Waals surface area contributed by atoms with E-state index in [1.54, 1.807) is 18.2 Å². The van der Waals surface area contributed by atoms with Crippen LogP contribution < -0.4 is 4.74 Å². The first kappa shape index (κ1) is 24.4. The van der Waals surface area contributed by atoms with E-state index < -0.39 is 43.2 Å². The SMILES string of the molecule is OC[C@H]1O[C@@H](c2ccc(Cl)c(Cc3ccc(O[C@@H]4CCCCC4O)cc3)c2)[C@H](O)[C@@H](O)[C@@H]1O. The second-order valence-corrected chi connectivity index (χ2v) is 9.34. The van der Waals surface area contributed by atoms with Crippen molar-refractivity contribution in [2.75, 3.05) is 6.61 Å². The van der Waals surface area contributed by atoms with Gasteiger partial charge in [0.1, 0.15) is 42.4 Å². The highest BCUT2D eigenvalue weighted by Crippen LogP contribution is 2.34. The second-order valence-electron chi connectivity index (χ2n) is 8.93. The van der Waals surface area contributed by atoms with Crippen LogP contribution in [-0.2, 0) is 11.2 Å². The molecule has 2 aromatic carbocycles. The number of aliphatic hydroxyl groups is 5. The lowest BCUT2D eigenvalue weighted by Gasteiger charge is -2.40. The molecule has 2 fully saturated rings. The molecule has 1 heterocycles. The van der Waals surface area contributed by atoms with Gasteiger partial charge in [0.25, 0.3) is 0 Å². The third-order valence-electron chi connectivity index (χ3n) is 6.56. The molecule has 33 heavy (non-hydrogen) atoms. The smallest absolute Gasteiger partial charge is 0.124 e. The summed E-state index contributed by atoms with van der Waals surface area (Å²) in [4.78, 5) is 0. The van der Waals surface area contributed by atoms with E-state index in [1.807, 2.05) is 24.3 Å². The monoisotopic (exact) mass is 478 g/mol. The largest absolute Gasteiger partial charge is 0.488 e. The van der Waals surface area contributed by atoms with Gasteiger partial charge >= 0.3 is 0 Å². The molecular formula is C25H31ClO7. The van der Waals surface area contributed by atoms with Crippen molar-refractivity contribution in [3.05, 3.63) is 64.2 Å². The molecule has 2 aliphatic rings. The lowest BCUT2D eigenvalue weighted by atomic mass is 9.90. The number of aliphatic hydroxyl groups excluding tert-OH is 5. The summed E-state index contributed by atoms with van der Waals surface area (Å²) in [5.41, 5.74) is 2.40. The average molecular weight is 479 g/mol. The van der Waals surface area contributed by atoms with Crippen molar-refractivity contribution in [2.45, 2.75) is 74.8 Å². The maximum absolute atomic E-state index is 10.4. The Bertz CT molecular complexity index is 919. The summed E-state index contributed by atoms with van der Waals surface area (Å²) < 4.78 is 11.6. The van der Waals surface area contributed by atoms with Gasteiger partial charge in [0.05, 0.1) is 12.7 Å². The molecule has 0 radical (unpaired) electrons. The van der Waals surface area contributed by atoms with Crippen molar-refractivity contribution >= 4 is 11.6 Å². The van der Waals surface area contributed by atoms with E-state index in [0.717, 1.165) is 36.8 Å². The zero-order chi connectivity index (χ0) is 23.5. The molecule has 180 valence electrons. The van der Waals surface area contributed by atoms with Crippen LogP contribution in [0.15, 0.2) is 42.5 Å². The van der Waals surface area contributed by atoms with Gasteiger partial charge in [0, 0.05) is 5.02 Å². The molecule has 1 aliphatic heterocycles. The Morgan fingerprint density at radius 2 is 1.64 bits per heavy atom. The lowest BCUT2D eigenvalue weighted by Crippen LogP contribution is -2.55. The molecule has 0 aromatic heterocycles. The summed E-state index contributed by atoms with van der Waals surface area (Å²) in [7, 11) is 0. The number of hydrogen-bond acceptors (Lipinski definition) is 7. The van der Waals surface area contributed by atoms with Crippen molar-refractivity contribution < 1.29 is 35.0 Å². The number of rotatable bonds is 6. The summed E-state index contributed by atoms with van der Waals surface area (Å²) in [6, 6.07) is 12.9. The van der Waals surface area contributed by atoms with E-state index in [1.165, 1.54) is 0 Å². The molecule has 0 amide bonds. The summed E-state index contributed by atoms with van der Waals surface area (Å²) in [5, 5.41) is 50.7. The molecule has 1 saturated heterocycles. The predicted octanol–water partition coefficient (Wildman–Crippen LogP) is 2.13. The Hall–Kier alpha value is -1.71. The summed E-state index contributed by atoms with van der Waals surface area (Å²) in [6.07, 6.45) is -2.42. The number of benzene rings is 2.